The summed E-state index contributed by atoms with van der Waals surface area (Å²) in [6, 6.07) is 8.89. The van der Waals surface area contributed by atoms with Crippen molar-refractivity contribution in [1.82, 2.24) is 24.1 Å². The number of amides is 6. The van der Waals surface area contributed by atoms with Crippen molar-refractivity contribution in [2.24, 2.45) is 0 Å². The second kappa shape index (κ2) is 11.1. The monoisotopic (exact) mass is 618 g/mol. The van der Waals surface area contributed by atoms with Gasteiger partial charge in [0.25, 0.3) is 5.91 Å². The minimum atomic E-state index is -4.36. The molecule has 2 saturated heterocycles. The number of hydrogen-bond donors (Lipinski definition) is 4. The van der Waals surface area contributed by atoms with Gasteiger partial charge in [0.15, 0.2) is 0 Å². The average Bonchev–Trinajstić information content (AvgIpc) is 3.39. The van der Waals surface area contributed by atoms with Gasteiger partial charge in [0, 0.05) is 44.4 Å². The summed E-state index contributed by atoms with van der Waals surface area (Å²) in [5.74, 6) is -1.95. The van der Waals surface area contributed by atoms with Crippen LogP contribution in [0.4, 0.5) is 24.5 Å². The number of anilines is 1. The van der Waals surface area contributed by atoms with Crippen molar-refractivity contribution in [2.45, 2.75) is 31.0 Å². The van der Waals surface area contributed by atoms with Crippen molar-refractivity contribution >= 4 is 45.9 Å². The second-order valence-corrected chi connectivity index (χ2v) is 11.9. The van der Waals surface area contributed by atoms with Gasteiger partial charge in [0.1, 0.15) is 12.4 Å². The predicted octanol–water partition coefficient (Wildman–Crippen LogP) is 0.923. The standard InChI is InChI=1S/C26H27FN6O9S/c1-28-23(36)29-18-6-7-20-16(10-18)8-9-26(20)22(35)33(25(39)42-26)14-21(34)32(11-15-2-4-17(27)5-3-15)19-12-31(13-19)43(40,41)30-24(37)38/h2-7,10,19,30H,8-9,11-14H2,1H3,(H,37,38)(H2,28,29,36)/t26-/m1/s1. The summed E-state index contributed by atoms with van der Waals surface area (Å²) in [5.41, 5.74) is 0.469. The minimum absolute atomic E-state index is 0.101. The van der Waals surface area contributed by atoms with Crippen molar-refractivity contribution < 1.29 is 46.6 Å². The number of urea groups is 1. The van der Waals surface area contributed by atoms with Crippen LogP contribution in [0.1, 0.15) is 23.1 Å². The summed E-state index contributed by atoms with van der Waals surface area (Å²) in [5, 5.41) is 13.9. The van der Waals surface area contributed by atoms with Gasteiger partial charge in [0.2, 0.25) is 11.5 Å². The van der Waals surface area contributed by atoms with Crippen molar-refractivity contribution in [3.8, 4) is 0 Å². The fraction of sp³-hybridized carbons (Fsp3) is 0.346. The number of imide groups is 1. The van der Waals surface area contributed by atoms with E-state index in [4.69, 9.17) is 9.84 Å². The van der Waals surface area contributed by atoms with Crippen LogP contribution < -0.4 is 15.4 Å². The maximum Gasteiger partial charge on any atom is 0.419 e. The lowest BCUT2D eigenvalue weighted by Gasteiger charge is -2.44. The molecule has 0 unspecified atom stereocenters. The number of carbonyl (C=O) groups excluding carboxylic acids is 4. The number of nitrogens with zero attached hydrogens (tertiary/aromatic N) is 3. The molecule has 0 bridgehead atoms. The van der Waals surface area contributed by atoms with Gasteiger partial charge in [-0.25, -0.2) is 28.4 Å². The molecule has 2 heterocycles. The largest absolute Gasteiger partial charge is 0.464 e. The maximum absolute atomic E-state index is 13.6. The first-order valence-electron chi connectivity index (χ1n) is 13.0. The van der Waals surface area contributed by atoms with E-state index in [0.29, 0.717) is 33.7 Å². The summed E-state index contributed by atoms with van der Waals surface area (Å²) < 4.78 is 45.7. The molecule has 1 aliphatic carbocycles. The topological polar surface area (TPSA) is 195 Å². The average molecular weight is 619 g/mol. The molecule has 17 heteroatoms. The number of fused-ring (bicyclic) bond motifs is 2. The molecular formula is C26H27FN6O9S. The number of halogens is 1. The Bertz CT molecular complexity index is 1610. The van der Waals surface area contributed by atoms with E-state index in [0.717, 1.165) is 4.31 Å². The molecule has 4 N–H and O–H groups in total. The number of nitrogens with one attached hydrogen (secondary N) is 3. The quantitative estimate of drug-likeness (QED) is 0.333. The van der Waals surface area contributed by atoms with Gasteiger partial charge >= 0.3 is 28.4 Å². The van der Waals surface area contributed by atoms with E-state index < -0.39 is 64.2 Å². The molecule has 2 aromatic carbocycles. The van der Waals surface area contributed by atoms with Gasteiger partial charge in [-0.05, 0) is 41.8 Å². The molecular weight excluding hydrogens is 591 g/mol. The normalized spacial score (nSPS) is 19.9. The third kappa shape index (κ3) is 5.68. The van der Waals surface area contributed by atoms with Gasteiger partial charge in [-0.15, -0.1) is 0 Å². The summed E-state index contributed by atoms with van der Waals surface area (Å²) in [4.78, 5) is 64.7. The summed E-state index contributed by atoms with van der Waals surface area (Å²) in [6.45, 7) is -1.31. The SMILES string of the molecule is CNC(=O)Nc1ccc2c(c1)CC[C@@]21OC(=O)N(CC(=O)N(Cc2ccc(F)cc2)C2CN(S(=O)(=O)NC(=O)O)C2)C1=O. The molecule has 1 spiro atoms. The molecule has 6 amide bonds. The summed E-state index contributed by atoms with van der Waals surface area (Å²) in [6.07, 6.45) is -2.29. The Morgan fingerprint density at radius 2 is 1.84 bits per heavy atom. The van der Waals surface area contributed by atoms with Gasteiger partial charge in [-0.2, -0.15) is 12.7 Å². The highest BCUT2D eigenvalue weighted by atomic mass is 32.2. The van der Waals surface area contributed by atoms with Crippen molar-refractivity contribution in [2.75, 3.05) is 32.0 Å². The summed E-state index contributed by atoms with van der Waals surface area (Å²) >= 11 is 0. The number of benzene rings is 2. The molecule has 2 aromatic rings. The predicted molar refractivity (Wildman–Crippen MR) is 145 cm³/mol. The van der Waals surface area contributed by atoms with E-state index >= 15 is 0 Å². The van der Waals surface area contributed by atoms with E-state index in [-0.39, 0.29) is 26.1 Å². The van der Waals surface area contributed by atoms with E-state index in [9.17, 15) is 36.8 Å². The molecule has 3 aliphatic rings. The van der Waals surface area contributed by atoms with Crippen molar-refractivity contribution in [3.63, 3.8) is 0 Å². The Morgan fingerprint density at radius 3 is 2.49 bits per heavy atom. The Balaban J connectivity index is 1.34. The highest BCUT2D eigenvalue weighted by Crippen LogP contribution is 2.46. The first-order valence-corrected chi connectivity index (χ1v) is 14.5. The minimum Gasteiger partial charge on any atom is -0.464 e. The van der Waals surface area contributed by atoms with E-state index in [1.165, 1.54) is 40.9 Å². The molecule has 1 atom stereocenters. The highest BCUT2D eigenvalue weighted by Gasteiger charge is 2.58. The number of carbonyl (C=O) groups is 5. The Labute approximate surface area is 244 Å². The molecule has 2 aliphatic heterocycles. The molecule has 15 nitrogen and oxygen atoms in total. The van der Waals surface area contributed by atoms with Crippen LogP contribution in [0.5, 0.6) is 0 Å². The third-order valence-electron chi connectivity index (χ3n) is 7.55. The summed E-state index contributed by atoms with van der Waals surface area (Å²) in [7, 11) is -2.89. The number of ether oxygens (including phenoxy) is 1. The molecule has 5 rings (SSSR count). The number of hydrogen-bond acceptors (Lipinski definition) is 8. The molecule has 0 saturated carbocycles. The maximum atomic E-state index is 13.6. The third-order valence-corrected chi connectivity index (χ3v) is 8.96. The van der Waals surface area contributed by atoms with Gasteiger partial charge in [0.05, 0.1) is 6.04 Å². The van der Waals surface area contributed by atoms with Crippen LogP contribution in [-0.2, 0) is 43.1 Å². The molecule has 0 aromatic heterocycles. The van der Waals surface area contributed by atoms with E-state index in [1.54, 1.807) is 18.2 Å². The number of carboxylic acid groups (broad SMARTS) is 1. The fourth-order valence-corrected chi connectivity index (χ4v) is 6.43. The van der Waals surface area contributed by atoms with Crippen LogP contribution in [-0.4, -0.2) is 90.4 Å². The molecule has 2 fully saturated rings. The fourth-order valence-electron chi connectivity index (χ4n) is 5.34. The van der Waals surface area contributed by atoms with Gasteiger partial charge in [-0.3, -0.25) is 9.59 Å². The van der Waals surface area contributed by atoms with Crippen molar-refractivity contribution in [1.29, 1.82) is 0 Å². The Kier molecular flexibility index (Phi) is 7.70. The van der Waals surface area contributed by atoms with E-state index in [1.807, 2.05) is 0 Å². The zero-order valence-corrected chi connectivity index (χ0v) is 23.5. The number of rotatable bonds is 8. The lowest BCUT2D eigenvalue weighted by Crippen LogP contribution is -2.64. The Morgan fingerprint density at radius 1 is 1.14 bits per heavy atom. The first-order chi connectivity index (χ1) is 20.3. The second-order valence-electron chi connectivity index (χ2n) is 10.2. The van der Waals surface area contributed by atoms with Gasteiger partial charge in [-0.1, -0.05) is 18.2 Å². The van der Waals surface area contributed by atoms with Crippen molar-refractivity contribution in [3.05, 3.63) is 65.0 Å². The molecule has 0 radical (unpaired) electrons. The molecule has 43 heavy (non-hydrogen) atoms. The smallest absolute Gasteiger partial charge is 0.419 e. The lowest BCUT2D eigenvalue weighted by molar-refractivity contribution is -0.144. The highest BCUT2D eigenvalue weighted by molar-refractivity contribution is 7.87. The van der Waals surface area contributed by atoms with Crippen LogP contribution in [0.25, 0.3) is 0 Å². The first kappa shape index (κ1) is 29.7. The van der Waals surface area contributed by atoms with Crippen LogP contribution in [0, 0.1) is 5.82 Å². The molecule has 228 valence electrons. The number of aryl methyl sites for hydroxylation is 1. The van der Waals surface area contributed by atoms with Crippen LogP contribution in [0.3, 0.4) is 0 Å². The van der Waals surface area contributed by atoms with E-state index in [2.05, 4.69) is 10.6 Å². The zero-order chi connectivity index (χ0) is 31.1. The van der Waals surface area contributed by atoms with Crippen LogP contribution in [0.2, 0.25) is 0 Å². The van der Waals surface area contributed by atoms with Crippen LogP contribution >= 0.6 is 0 Å². The van der Waals surface area contributed by atoms with Crippen LogP contribution in [0.15, 0.2) is 42.5 Å². The zero-order valence-electron chi connectivity index (χ0n) is 22.7. The van der Waals surface area contributed by atoms with Gasteiger partial charge < -0.3 is 25.4 Å². The Hall–Kier alpha value is -4.77. The lowest BCUT2D eigenvalue weighted by atomic mass is 9.94.